The van der Waals surface area contributed by atoms with Crippen LogP contribution in [0.15, 0.2) is 54.7 Å². The number of fused-ring (bicyclic) bond motifs is 1. The summed E-state index contributed by atoms with van der Waals surface area (Å²) >= 11 is 0. The van der Waals surface area contributed by atoms with Gasteiger partial charge in [0.05, 0.1) is 16.8 Å². The Bertz CT molecular complexity index is 921. The molecule has 0 aliphatic carbocycles. The van der Waals surface area contributed by atoms with E-state index in [4.69, 9.17) is 9.84 Å². The molecule has 3 aromatic rings. The van der Waals surface area contributed by atoms with Crippen LogP contribution in [0.3, 0.4) is 0 Å². The molecule has 0 atom stereocenters. The Morgan fingerprint density at radius 3 is 2.44 bits per heavy atom. The van der Waals surface area contributed by atoms with Crippen LogP contribution in [0.4, 0.5) is 13.2 Å². The van der Waals surface area contributed by atoms with Gasteiger partial charge in [-0.05, 0) is 47.9 Å². The molecule has 2 aromatic carbocycles. The Labute approximate surface area is 140 Å². The molecule has 0 bridgehead atoms. The summed E-state index contributed by atoms with van der Waals surface area (Å²) in [6, 6.07) is 10.7. The number of pyridine rings is 1. The van der Waals surface area contributed by atoms with Crippen LogP contribution in [-0.2, 0) is 12.8 Å². The van der Waals surface area contributed by atoms with Crippen molar-refractivity contribution in [3.63, 3.8) is 0 Å². The Kier molecular flexibility index (Phi) is 4.31. The van der Waals surface area contributed by atoms with E-state index in [-0.39, 0.29) is 17.9 Å². The summed E-state index contributed by atoms with van der Waals surface area (Å²) in [5, 5.41) is 10.4. The predicted octanol–water partition coefficient (Wildman–Crippen LogP) is 4.53. The molecule has 0 aliphatic rings. The fourth-order valence-electron chi connectivity index (χ4n) is 2.38. The SMILES string of the molecule is O=C(O)c1ccc2c(COc3ccc(C(F)(F)F)cc3)nccc2c1. The summed E-state index contributed by atoms with van der Waals surface area (Å²) in [6.45, 7) is 0.0507. The molecule has 4 nitrogen and oxygen atoms in total. The monoisotopic (exact) mass is 347 g/mol. The number of rotatable bonds is 4. The van der Waals surface area contributed by atoms with Crippen molar-refractivity contribution in [2.45, 2.75) is 12.8 Å². The third-order valence-corrected chi connectivity index (χ3v) is 3.65. The molecule has 25 heavy (non-hydrogen) atoms. The lowest BCUT2D eigenvalue weighted by molar-refractivity contribution is -0.137. The van der Waals surface area contributed by atoms with Crippen molar-refractivity contribution in [1.82, 2.24) is 4.98 Å². The van der Waals surface area contributed by atoms with Crippen LogP contribution in [0.5, 0.6) is 5.75 Å². The van der Waals surface area contributed by atoms with Crippen LogP contribution >= 0.6 is 0 Å². The van der Waals surface area contributed by atoms with Gasteiger partial charge < -0.3 is 9.84 Å². The average Bonchev–Trinajstić information content (AvgIpc) is 2.59. The number of carbonyl (C=O) groups is 1. The first-order valence-corrected chi connectivity index (χ1v) is 7.25. The fourth-order valence-corrected chi connectivity index (χ4v) is 2.38. The van der Waals surface area contributed by atoms with Crippen LogP contribution in [-0.4, -0.2) is 16.1 Å². The second kappa shape index (κ2) is 6.43. The van der Waals surface area contributed by atoms with Gasteiger partial charge in [0, 0.05) is 11.6 Å². The maximum atomic E-state index is 12.5. The van der Waals surface area contributed by atoms with Gasteiger partial charge in [0.15, 0.2) is 0 Å². The molecule has 0 saturated heterocycles. The summed E-state index contributed by atoms with van der Waals surface area (Å²) in [5.74, 6) is -0.741. The molecular weight excluding hydrogens is 335 g/mol. The molecule has 0 amide bonds. The van der Waals surface area contributed by atoms with Crippen molar-refractivity contribution >= 4 is 16.7 Å². The third-order valence-electron chi connectivity index (χ3n) is 3.65. The largest absolute Gasteiger partial charge is 0.487 e. The highest BCUT2D eigenvalue weighted by molar-refractivity contribution is 5.94. The van der Waals surface area contributed by atoms with Crippen molar-refractivity contribution in [3.8, 4) is 5.75 Å². The fraction of sp³-hybridized carbons (Fsp3) is 0.111. The van der Waals surface area contributed by atoms with Gasteiger partial charge in [0.25, 0.3) is 0 Å². The summed E-state index contributed by atoms with van der Waals surface area (Å²) in [4.78, 5) is 15.2. The van der Waals surface area contributed by atoms with Gasteiger partial charge in [0.2, 0.25) is 0 Å². The van der Waals surface area contributed by atoms with Crippen LogP contribution in [0.1, 0.15) is 21.6 Å². The number of alkyl halides is 3. The number of carboxylic acids is 1. The highest BCUT2D eigenvalue weighted by Gasteiger charge is 2.30. The van der Waals surface area contributed by atoms with Crippen molar-refractivity contribution < 1.29 is 27.8 Å². The third kappa shape index (κ3) is 3.71. The van der Waals surface area contributed by atoms with Crippen LogP contribution in [0.25, 0.3) is 10.8 Å². The molecule has 3 rings (SSSR count). The van der Waals surface area contributed by atoms with Gasteiger partial charge in [-0.2, -0.15) is 13.2 Å². The van der Waals surface area contributed by atoms with Crippen molar-refractivity contribution in [3.05, 3.63) is 71.5 Å². The highest BCUT2D eigenvalue weighted by atomic mass is 19.4. The number of halogens is 3. The molecule has 1 aromatic heterocycles. The van der Waals surface area contributed by atoms with Crippen molar-refractivity contribution in [1.29, 1.82) is 0 Å². The van der Waals surface area contributed by atoms with E-state index in [1.807, 2.05) is 0 Å². The number of aromatic nitrogens is 1. The first-order valence-electron chi connectivity index (χ1n) is 7.25. The Hall–Kier alpha value is -3.09. The topological polar surface area (TPSA) is 59.4 Å². The Morgan fingerprint density at radius 2 is 1.80 bits per heavy atom. The summed E-state index contributed by atoms with van der Waals surface area (Å²) in [6.07, 6.45) is -2.86. The van der Waals surface area contributed by atoms with E-state index in [1.54, 1.807) is 12.1 Å². The van der Waals surface area contributed by atoms with E-state index in [0.717, 1.165) is 17.5 Å². The summed E-state index contributed by atoms with van der Waals surface area (Å²) in [5.41, 5.74) is -0.0213. The number of benzene rings is 2. The maximum Gasteiger partial charge on any atom is 0.416 e. The first kappa shape index (κ1) is 16.8. The molecule has 0 fully saturated rings. The molecule has 1 N–H and O–H groups in total. The standard InChI is InChI=1S/C18H12F3NO3/c19-18(20,21)13-2-4-14(5-3-13)25-10-16-15-6-1-12(17(23)24)9-11(15)7-8-22-16/h1-9H,10H2,(H,23,24). The normalized spacial score (nSPS) is 11.5. The van der Waals surface area contributed by atoms with Gasteiger partial charge in [-0.15, -0.1) is 0 Å². The van der Waals surface area contributed by atoms with Crippen LogP contribution in [0, 0.1) is 0 Å². The minimum Gasteiger partial charge on any atom is -0.487 e. The van der Waals surface area contributed by atoms with Gasteiger partial charge >= 0.3 is 12.1 Å². The van der Waals surface area contributed by atoms with Gasteiger partial charge in [-0.1, -0.05) is 6.07 Å². The van der Waals surface area contributed by atoms with Crippen LogP contribution < -0.4 is 4.74 Å². The maximum absolute atomic E-state index is 12.5. The van der Waals surface area contributed by atoms with E-state index < -0.39 is 17.7 Å². The molecule has 128 valence electrons. The zero-order valence-electron chi connectivity index (χ0n) is 12.7. The lowest BCUT2D eigenvalue weighted by atomic mass is 10.1. The number of ether oxygens (including phenoxy) is 1. The second-order valence-corrected chi connectivity index (χ2v) is 5.31. The molecule has 7 heteroatoms. The minimum atomic E-state index is -4.39. The molecule has 0 saturated carbocycles. The summed E-state index contributed by atoms with van der Waals surface area (Å²) in [7, 11) is 0. The molecule has 0 spiro atoms. The van der Waals surface area contributed by atoms with E-state index >= 15 is 0 Å². The summed E-state index contributed by atoms with van der Waals surface area (Å²) < 4.78 is 43.1. The van der Waals surface area contributed by atoms with E-state index in [2.05, 4.69) is 4.98 Å². The molecule has 0 unspecified atom stereocenters. The zero-order chi connectivity index (χ0) is 18.0. The lowest BCUT2D eigenvalue weighted by Gasteiger charge is -2.10. The average molecular weight is 347 g/mol. The van der Waals surface area contributed by atoms with E-state index in [1.165, 1.54) is 30.5 Å². The van der Waals surface area contributed by atoms with Crippen LogP contribution in [0.2, 0.25) is 0 Å². The second-order valence-electron chi connectivity index (χ2n) is 5.31. The number of hydrogen-bond acceptors (Lipinski definition) is 3. The van der Waals surface area contributed by atoms with E-state index in [0.29, 0.717) is 11.1 Å². The number of aromatic carboxylic acids is 1. The smallest absolute Gasteiger partial charge is 0.416 e. The Morgan fingerprint density at radius 1 is 1.08 bits per heavy atom. The highest BCUT2D eigenvalue weighted by Crippen LogP contribution is 2.30. The number of carboxylic acid groups (broad SMARTS) is 1. The molecule has 0 radical (unpaired) electrons. The molecular formula is C18H12F3NO3. The van der Waals surface area contributed by atoms with Crippen molar-refractivity contribution in [2.75, 3.05) is 0 Å². The van der Waals surface area contributed by atoms with Gasteiger partial charge in [-0.3, -0.25) is 4.98 Å². The zero-order valence-corrected chi connectivity index (χ0v) is 12.7. The van der Waals surface area contributed by atoms with E-state index in [9.17, 15) is 18.0 Å². The quantitative estimate of drug-likeness (QED) is 0.753. The predicted molar refractivity (Wildman–Crippen MR) is 84.5 cm³/mol. The van der Waals surface area contributed by atoms with Crippen molar-refractivity contribution in [2.24, 2.45) is 0 Å². The molecule has 0 aliphatic heterocycles. The van der Waals surface area contributed by atoms with Gasteiger partial charge in [0.1, 0.15) is 12.4 Å². The number of hydrogen-bond donors (Lipinski definition) is 1. The minimum absolute atomic E-state index is 0.0507. The lowest BCUT2D eigenvalue weighted by Crippen LogP contribution is -2.05. The van der Waals surface area contributed by atoms with Gasteiger partial charge in [-0.25, -0.2) is 4.79 Å². The number of nitrogens with zero attached hydrogens (tertiary/aromatic N) is 1. The first-order chi connectivity index (χ1) is 11.8. The Balaban J connectivity index is 1.80. The molecule has 1 heterocycles.